The van der Waals surface area contributed by atoms with Gasteiger partial charge in [-0.3, -0.25) is 4.79 Å². The van der Waals surface area contributed by atoms with E-state index in [1.165, 1.54) is 7.05 Å². The number of amides is 1. The standard InChI is InChI=1S/C19H27N3O6S/c1-21-17(18(23)22-8-6-19(7-9-22)27-10-11-28-19)13-16(20-29(21,24)25)14-4-3-5-15(12-14)26-2/h3-5,12,16-17,20H,6-11,13H2,1-2H3/t16-,17+/m0/s1. The largest absolute Gasteiger partial charge is 0.497 e. The number of nitrogens with one attached hydrogen (secondary N) is 1. The minimum absolute atomic E-state index is 0.182. The number of likely N-dealkylation sites (tertiary alicyclic amines) is 1. The predicted molar refractivity (Wildman–Crippen MR) is 104 cm³/mol. The van der Waals surface area contributed by atoms with Crippen molar-refractivity contribution in [2.45, 2.75) is 37.1 Å². The van der Waals surface area contributed by atoms with Gasteiger partial charge in [0.1, 0.15) is 11.8 Å². The summed E-state index contributed by atoms with van der Waals surface area (Å²) in [5.74, 6) is -0.119. The molecule has 0 aliphatic carbocycles. The number of benzene rings is 1. The van der Waals surface area contributed by atoms with Crippen molar-refractivity contribution in [2.75, 3.05) is 40.5 Å². The molecule has 3 saturated heterocycles. The van der Waals surface area contributed by atoms with Gasteiger partial charge in [0.15, 0.2) is 5.79 Å². The quantitative estimate of drug-likeness (QED) is 0.763. The van der Waals surface area contributed by atoms with Crippen molar-refractivity contribution in [1.29, 1.82) is 0 Å². The van der Waals surface area contributed by atoms with Crippen LogP contribution in [-0.2, 0) is 24.5 Å². The Labute approximate surface area is 171 Å². The van der Waals surface area contributed by atoms with Crippen LogP contribution in [0.15, 0.2) is 24.3 Å². The number of hydrogen-bond acceptors (Lipinski definition) is 6. The maximum absolute atomic E-state index is 13.2. The number of likely N-dealkylation sites (N-methyl/N-ethyl adjacent to an activating group) is 1. The number of ether oxygens (including phenoxy) is 3. The molecule has 9 nitrogen and oxygen atoms in total. The molecule has 0 saturated carbocycles. The number of nitrogens with zero attached hydrogens (tertiary/aromatic N) is 2. The Balaban J connectivity index is 1.51. The molecule has 0 bridgehead atoms. The van der Waals surface area contributed by atoms with Crippen LogP contribution in [0.1, 0.15) is 30.9 Å². The van der Waals surface area contributed by atoms with Gasteiger partial charge in [0.2, 0.25) is 5.91 Å². The minimum Gasteiger partial charge on any atom is -0.497 e. The smallest absolute Gasteiger partial charge is 0.280 e. The summed E-state index contributed by atoms with van der Waals surface area (Å²) in [4.78, 5) is 15.0. The van der Waals surface area contributed by atoms with Crippen molar-refractivity contribution in [3.8, 4) is 5.75 Å². The van der Waals surface area contributed by atoms with Crippen molar-refractivity contribution in [3.05, 3.63) is 29.8 Å². The van der Waals surface area contributed by atoms with Crippen LogP contribution in [0.4, 0.5) is 0 Å². The lowest BCUT2D eigenvalue weighted by Crippen LogP contribution is -2.59. The second-order valence-corrected chi connectivity index (χ2v) is 9.41. The van der Waals surface area contributed by atoms with Gasteiger partial charge in [-0.2, -0.15) is 17.4 Å². The van der Waals surface area contributed by atoms with Gasteiger partial charge in [-0.1, -0.05) is 12.1 Å². The van der Waals surface area contributed by atoms with Crippen LogP contribution in [0, 0.1) is 0 Å². The Morgan fingerprint density at radius 1 is 1.24 bits per heavy atom. The summed E-state index contributed by atoms with van der Waals surface area (Å²) in [5.41, 5.74) is 0.768. The first kappa shape index (κ1) is 20.5. The lowest BCUT2D eigenvalue weighted by molar-refractivity contribution is -0.188. The fraction of sp³-hybridized carbons (Fsp3) is 0.632. The van der Waals surface area contributed by atoms with Crippen molar-refractivity contribution < 1.29 is 27.4 Å². The van der Waals surface area contributed by atoms with E-state index in [1.54, 1.807) is 24.1 Å². The van der Waals surface area contributed by atoms with Crippen LogP contribution < -0.4 is 9.46 Å². The van der Waals surface area contributed by atoms with E-state index in [0.717, 1.165) is 9.87 Å². The molecule has 29 heavy (non-hydrogen) atoms. The van der Waals surface area contributed by atoms with Gasteiger partial charge in [0.05, 0.1) is 26.4 Å². The Morgan fingerprint density at radius 2 is 1.93 bits per heavy atom. The van der Waals surface area contributed by atoms with E-state index in [-0.39, 0.29) is 5.91 Å². The Morgan fingerprint density at radius 3 is 2.59 bits per heavy atom. The molecule has 3 fully saturated rings. The molecule has 0 unspecified atom stereocenters. The number of piperidine rings is 1. The fourth-order valence-electron chi connectivity index (χ4n) is 4.23. The van der Waals surface area contributed by atoms with Crippen molar-refractivity contribution in [3.63, 3.8) is 0 Å². The maximum atomic E-state index is 13.2. The Bertz CT molecular complexity index is 860. The molecule has 0 radical (unpaired) electrons. The summed E-state index contributed by atoms with van der Waals surface area (Å²) in [5, 5.41) is 0. The first-order valence-electron chi connectivity index (χ1n) is 9.79. The van der Waals surface area contributed by atoms with Crippen LogP contribution in [0.2, 0.25) is 0 Å². The van der Waals surface area contributed by atoms with E-state index in [0.29, 0.717) is 51.3 Å². The monoisotopic (exact) mass is 425 g/mol. The normalized spacial score (nSPS) is 29.1. The van der Waals surface area contributed by atoms with Gasteiger partial charge in [-0.15, -0.1) is 0 Å². The van der Waals surface area contributed by atoms with Crippen LogP contribution >= 0.6 is 0 Å². The highest BCUT2D eigenvalue weighted by atomic mass is 32.2. The molecule has 10 heteroatoms. The van der Waals surface area contributed by atoms with E-state index >= 15 is 0 Å². The summed E-state index contributed by atoms with van der Waals surface area (Å²) in [6.45, 7) is 2.12. The topological polar surface area (TPSA) is 97.4 Å². The SMILES string of the molecule is COc1cccc([C@@H]2C[C@H](C(=O)N3CCC4(CC3)OCCO4)N(C)S(=O)(=O)N2)c1. The summed E-state index contributed by atoms with van der Waals surface area (Å²) in [7, 11) is -0.781. The van der Waals surface area contributed by atoms with Crippen LogP contribution in [-0.4, -0.2) is 75.8 Å². The molecule has 3 aliphatic rings. The molecule has 3 aliphatic heterocycles. The zero-order valence-electron chi connectivity index (χ0n) is 16.7. The highest BCUT2D eigenvalue weighted by molar-refractivity contribution is 7.87. The second kappa shape index (κ2) is 7.84. The summed E-state index contributed by atoms with van der Waals surface area (Å²) in [6.07, 6.45) is 1.54. The summed E-state index contributed by atoms with van der Waals surface area (Å²) >= 11 is 0. The van der Waals surface area contributed by atoms with Crippen LogP contribution in [0.3, 0.4) is 0 Å². The molecule has 4 rings (SSSR count). The fourth-order valence-corrected chi connectivity index (χ4v) is 5.50. The lowest BCUT2D eigenvalue weighted by Gasteiger charge is -2.42. The number of rotatable bonds is 3. The van der Waals surface area contributed by atoms with E-state index in [1.807, 2.05) is 12.1 Å². The Hall–Kier alpha value is -1.72. The number of carbonyl (C=O) groups excluding carboxylic acids is 1. The average molecular weight is 426 g/mol. The molecule has 160 valence electrons. The van der Waals surface area contributed by atoms with E-state index in [2.05, 4.69) is 4.72 Å². The third-order valence-corrected chi connectivity index (χ3v) is 7.60. The van der Waals surface area contributed by atoms with Gasteiger partial charge >= 0.3 is 0 Å². The molecular weight excluding hydrogens is 398 g/mol. The molecular formula is C19H27N3O6S. The van der Waals surface area contributed by atoms with Crippen LogP contribution in [0.25, 0.3) is 0 Å². The Kier molecular flexibility index (Phi) is 5.56. The number of hydrogen-bond donors (Lipinski definition) is 1. The number of carbonyl (C=O) groups is 1. The van der Waals surface area contributed by atoms with Gasteiger partial charge in [-0.25, -0.2) is 0 Å². The molecule has 1 spiro atoms. The predicted octanol–water partition coefficient (Wildman–Crippen LogP) is 0.640. The summed E-state index contributed by atoms with van der Waals surface area (Å²) in [6, 6.07) is 5.96. The zero-order valence-corrected chi connectivity index (χ0v) is 17.5. The molecule has 1 aromatic carbocycles. The molecule has 1 aromatic rings. The lowest BCUT2D eigenvalue weighted by atomic mass is 9.97. The molecule has 1 N–H and O–H groups in total. The zero-order chi connectivity index (χ0) is 20.6. The highest BCUT2D eigenvalue weighted by Crippen LogP contribution is 2.34. The highest BCUT2D eigenvalue weighted by Gasteiger charge is 2.45. The third-order valence-electron chi connectivity index (χ3n) is 6.00. The van der Waals surface area contributed by atoms with Gasteiger partial charge in [0.25, 0.3) is 10.2 Å². The van der Waals surface area contributed by atoms with E-state index in [9.17, 15) is 13.2 Å². The van der Waals surface area contributed by atoms with E-state index in [4.69, 9.17) is 14.2 Å². The van der Waals surface area contributed by atoms with Gasteiger partial charge < -0.3 is 19.1 Å². The number of methoxy groups -OCH3 is 1. The van der Waals surface area contributed by atoms with Crippen LogP contribution in [0.5, 0.6) is 5.75 Å². The average Bonchev–Trinajstić information content (AvgIpc) is 3.18. The van der Waals surface area contributed by atoms with E-state index < -0.39 is 28.1 Å². The van der Waals surface area contributed by atoms with Crippen molar-refractivity contribution in [2.24, 2.45) is 0 Å². The molecule has 1 amide bonds. The third kappa shape index (κ3) is 3.99. The minimum atomic E-state index is -3.79. The van der Waals surface area contributed by atoms with Crippen molar-refractivity contribution >= 4 is 16.1 Å². The van der Waals surface area contributed by atoms with Gasteiger partial charge in [0, 0.05) is 33.0 Å². The second-order valence-electron chi connectivity index (χ2n) is 7.65. The van der Waals surface area contributed by atoms with Gasteiger partial charge in [-0.05, 0) is 24.1 Å². The molecule has 0 aromatic heterocycles. The maximum Gasteiger partial charge on any atom is 0.280 e. The first-order chi connectivity index (χ1) is 13.8. The summed E-state index contributed by atoms with van der Waals surface area (Å²) < 4.78 is 45.9. The first-order valence-corrected chi connectivity index (χ1v) is 11.2. The molecule has 2 atom stereocenters. The molecule has 3 heterocycles. The van der Waals surface area contributed by atoms with Crippen molar-refractivity contribution in [1.82, 2.24) is 13.9 Å².